The molecule has 0 aliphatic heterocycles. The number of fused-ring (bicyclic) bond motifs is 4. The van der Waals surface area contributed by atoms with Crippen molar-refractivity contribution in [2.75, 3.05) is 0 Å². The van der Waals surface area contributed by atoms with Crippen LogP contribution in [0.15, 0.2) is 120 Å². The maximum absolute atomic E-state index is 8.90. The van der Waals surface area contributed by atoms with E-state index < -0.39 is 25.1 Å². The van der Waals surface area contributed by atoms with Crippen molar-refractivity contribution in [3.8, 4) is 39.5 Å². The first-order valence-electron chi connectivity index (χ1n) is 25.4. The van der Waals surface area contributed by atoms with Gasteiger partial charge in [0, 0.05) is 31.2 Å². The molecule has 1 radical (unpaired) electrons. The van der Waals surface area contributed by atoms with Gasteiger partial charge in [0.15, 0.2) is 0 Å². The Morgan fingerprint density at radius 2 is 1.38 bits per heavy atom. The van der Waals surface area contributed by atoms with Crippen LogP contribution in [0.4, 0.5) is 0 Å². The first-order valence-corrected chi connectivity index (χ1v) is 31.7. The zero-order valence-electron chi connectivity index (χ0n) is 45.7. The average Bonchev–Trinajstić information content (AvgIpc) is 3.87. The Hall–Kier alpha value is -5.07. The summed E-state index contributed by atoms with van der Waals surface area (Å²) < 4.78 is 28.0. The molecule has 0 fully saturated rings. The van der Waals surface area contributed by atoms with Gasteiger partial charge in [-0.2, -0.15) is 0 Å². The van der Waals surface area contributed by atoms with Gasteiger partial charge in [-0.1, -0.05) is 88.0 Å². The van der Waals surface area contributed by atoms with Gasteiger partial charge in [0.1, 0.15) is 5.58 Å². The van der Waals surface area contributed by atoms with E-state index in [1.165, 1.54) is 44.6 Å². The van der Waals surface area contributed by atoms with Crippen LogP contribution in [0.5, 0.6) is 0 Å². The molecule has 6 heteroatoms. The summed E-state index contributed by atoms with van der Waals surface area (Å²) in [6.07, 6.45) is 0.506. The van der Waals surface area contributed by atoms with E-state index in [1.54, 1.807) is 0 Å². The van der Waals surface area contributed by atoms with Crippen molar-refractivity contribution in [2.24, 2.45) is 5.41 Å². The fourth-order valence-electron chi connectivity index (χ4n) is 9.23. The summed E-state index contributed by atoms with van der Waals surface area (Å²) in [5.74, 6) is 8.34. The minimum atomic E-state index is -2.29. The van der Waals surface area contributed by atoms with E-state index in [0.717, 1.165) is 71.1 Å². The normalized spacial score (nSPS) is 12.9. The van der Waals surface area contributed by atoms with E-state index in [-0.39, 0.29) is 25.5 Å². The van der Waals surface area contributed by atoms with Gasteiger partial charge in [0.2, 0.25) is 0 Å². The van der Waals surface area contributed by atoms with Crippen molar-refractivity contribution in [1.82, 2.24) is 14.5 Å². The van der Waals surface area contributed by atoms with E-state index in [0.29, 0.717) is 11.8 Å². The Labute approximate surface area is 431 Å². The first kappa shape index (κ1) is 48.9. The third-order valence-corrected chi connectivity index (χ3v) is 17.3. The number of imidazole rings is 1. The minimum absolute atomic E-state index is 0. The number of pyridine rings is 1. The molecule has 359 valence electrons. The third kappa shape index (κ3) is 10.8. The molecule has 3 aromatic heterocycles. The molecule has 0 amide bonds. The summed E-state index contributed by atoms with van der Waals surface area (Å²) in [4.78, 5) is 10.0. The molecule has 9 rings (SSSR count). The van der Waals surface area contributed by atoms with Gasteiger partial charge in [0.05, 0.1) is 22.4 Å². The smallest absolute Gasteiger partial charge is 0 e. The van der Waals surface area contributed by atoms with Crippen molar-refractivity contribution in [2.45, 2.75) is 131 Å². The summed E-state index contributed by atoms with van der Waals surface area (Å²) in [5, 5.41) is 2.28. The Morgan fingerprint density at radius 1 is 0.739 bits per heavy atom. The molecule has 6 aromatic carbocycles. The van der Waals surface area contributed by atoms with E-state index in [1.807, 2.05) is 39.1 Å². The molecule has 4 nitrogen and oxygen atoms in total. The number of para-hydroxylation sites is 2. The van der Waals surface area contributed by atoms with Crippen molar-refractivity contribution in [1.29, 1.82) is 0 Å². The maximum Gasteiger partial charge on any atom is 0 e. The molecule has 0 aliphatic rings. The second-order valence-corrected chi connectivity index (χ2v) is 33.1. The fourth-order valence-corrected chi connectivity index (χ4v) is 12.2. The molecular weight excluding hydrogens is 1080 g/mol. The number of aryl methyl sites for hydroxylation is 3. The van der Waals surface area contributed by atoms with Gasteiger partial charge in [-0.3, -0.25) is 4.98 Å². The van der Waals surface area contributed by atoms with Gasteiger partial charge in [-0.05, 0) is 95.5 Å². The van der Waals surface area contributed by atoms with Crippen LogP contribution >= 0.6 is 0 Å². The SMILES string of the molecule is Cc1cc2oc3c(-c4nc5ccccc5n4-c4c(C(C)C)cc(-c5ccccc5)cc4C(C)C)[c-]cc(C)c3c2cc1C.[2H]C([2H])(c1cc(-c2[c-]ccc(C(C)(C)C)c2)nc[c]1[Ge]([CH3])([CH3])[CH3])C(C)(C)C.[Ir]. The van der Waals surface area contributed by atoms with Gasteiger partial charge in [-0.15, -0.1) is 17.7 Å². The first-order chi connectivity index (χ1) is 32.8. The van der Waals surface area contributed by atoms with E-state index in [2.05, 4.69) is 200 Å². The van der Waals surface area contributed by atoms with Crippen LogP contribution in [0, 0.1) is 38.3 Å². The largest absolute Gasteiger partial charge is 0 e. The molecule has 0 atom stereocenters. The van der Waals surface area contributed by atoms with Crippen molar-refractivity contribution in [3.63, 3.8) is 0 Å². The van der Waals surface area contributed by atoms with Crippen LogP contribution in [0.1, 0.15) is 123 Å². The van der Waals surface area contributed by atoms with Crippen molar-refractivity contribution in [3.05, 3.63) is 166 Å². The van der Waals surface area contributed by atoms with Crippen LogP contribution in [-0.2, 0) is 31.9 Å². The van der Waals surface area contributed by atoms with E-state index in [9.17, 15) is 0 Å². The summed E-state index contributed by atoms with van der Waals surface area (Å²) in [7, 11) is 0. The van der Waals surface area contributed by atoms with Gasteiger partial charge in [-0.25, -0.2) is 0 Å². The van der Waals surface area contributed by atoms with Crippen LogP contribution in [0.2, 0.25) is 17.3 Å². The number of rotatable bonds is 8. The molecular formula is C63H71GeIrN3O-2. The quantitative estimate of drug-likeness (QED) is 0.112. The standard InChI is InChI=1S/C40H37N2O.C23H34GeN.Ir/c1-23(2)31-21-29(28-13-9-8-10-14-28)22-32(24(3)4)38(31)42-35-16-12-11-15-34(35)41-40(42)30-18-17-25(5)37-33-19-26(6)27(7)20-36(33)43-39(30)37;1-22(2,3)15-18-14-21(25-16-20(18)24(7,8)9)17-11-10-12-19(13-17)23(4,5)6;/h8-17,19-24H,1-7H3;10,12-14,16H,15H2,1-9H3;/q2*-1;/i;15D2;. The Bertz CT molecular complexity index is 3370. The van der Waals surface area contributed by atoms with Gasteiger partial charge in [0.25, 0.3) is 0 Å². The van der Waals surface area contributed by atoms with Gasteiger partial charge >= 0.3 is 160 Å². The second-order valence-electron chi connectivity index (χ2n) is 22.5. The zero-order valence-corrected chi connectivity index (χ0v) is 48.2. The Balaban J connectivity index is 0.000000230. The topological polar surface area (TPSA) is 43.9 Å². The molecule has 0 N–H and O–H groups in total. The number of hydrogen-bond donors (Lipinski definition) is 0. The predicted molar refractivity (Wildman–Crippen MR) is 294 cm³/mol. The van der Waals surface area contributed by atoms with E-state index in [4.69, 9.17) is 17.1 Å². The van der Waals surface area contributed by atoms with Crippen LogP contribution in [0.25, 0.3) is 72.4 Å². The minimum Gasteiger partial charge on any atom is 0 e. The summed E-state index contributed by atoms with van der Waals surface area (Å²) in [6.45, 7) is 28.1. The summed E-state index contributed by atoms with van der Waals surface area (Å²) in [5.41, 5.74) is 17.9. The fraction of sp³-hybridized carbons (Fsp3) is 0.333. The maximum atomic E-state index is 8.90. The summed E-state index contributed by atoms with van der Waals surface area (Å²) >= 11 is -2.29. The Morgan fingerprint density at radius 3 is 2.00 bits per heavy atom. The molecule has 0 unspecified atom stereocenters. The molecule has 0 bridgehead atoms. The molecule has 0 saturated heterocycles. The number of hydrogen-bond acceptors (Lipinski definition) is 3. The molecule has 0 saturated carbocycles. The number of nitrogens with zero attached hydrogens (tertiary/aromatic N) is 3. The second kappa shape index (κ2) is 20.0. The molecule has 0 aliphatic carbocycles. The molecule has 0 spiro atoms. The number of aromatic nitrogens is 3. The van der Waals surface area contributed by atoms with Gasteiger partial charge < -0.3 is 8.98 Å². The number of furan rings is 1. The average molecular weight is 1150 g/mol. The monoisotopic (exact) mass is 1150 g/mol. The van der Waals surface area contributed by atoms with E-state index >= 15 is 0 Å². The molecule has 69 heavy (non-hydrogen) atoms. The van der Waals surface area contributed by atoms with Crippen molar-refractivity contribution >= 4 is 50.6 Å². The number of benzene rings is 6. The molecule has 9 aromatic rings. The van der Waals surface area contributed by atoms with Crippen molar-refractivity contribution < 1.29 is 27.3 Å². The van der Waals surface area contributed by atoms with Crippen LogP contribution in [0.3, 0.4) is 0 Å². The van der Waals surface area contributed by atoms with Crippen LogP contribution in [-0.4, -0.2) is 27.8 Å². The zero-order chi connectivity index (χ0) is 50.8. The van der Waals surface area contributed by atoms with Crippen LogP contribution < -0.4 is 4.40 Å². The molecule has 3 heterocycles. The predicted octanol–water partition coefficient (Wildman–Crippen LogP) is 17.2. The Kier molecular flexibility index (Phi) is 14.2. The summed E-state index contributed by atoms with van der Waals surface area (Å²) in [6, 6.07) is 45.5. The third-order valence-electron chi connectivity index (χ3n) is 13.1.